The predicted molar refractivity (Wildman–Crippen MR) is 30.8 cm³/mol. The molecule has 0 spiro atoms. The van der Waals surface area contributed by atoms with E-state index in [0.29, 0.717) is 0 Å². The third-order valence-electron chi connectivity index (χ3n) is 0.917. The lowest BCUT2D eigenvalue weighted by molar-refractivity contribution is -0.145. The Balaban J connectivity index is 4.07. The summed E-state index contributed by atoms with van der Waals surface area (Å²) in [5.41, 5.74) is 9.35. The molecule has 0 aromatic carbocycles. The molecule has 0 saturated carbocycles. The van der Waals surface area contributed by atoms with Gasteiger partial charge in [-0.15, -0.1) is 0 Å². The lowest BCUT2D eigenvalue weighted by Crippen LogP contribution is -2.48. The van der Waals surface area contributed by atoms with E-state index in [0.717, 1.165) is 0 Å². The van der Waals surface area contributed by atoms with Gasteiger partial charge in [-0.2, -0.15) is 0 Å². The standard InChI is InChI=1S/C4H8N2O4/c5-1(4(9)10)2(7)3(6)8/h1-2,7H,5H2,(H2,6,8)(H,9,10)/t1-,2-/m1/s1. The Morgan fingerprint density at radius 1 is 1.40 bits per heavy atom. The number of carbonyl (C=O) groups is 2. The number of carboxylic acids is 1. The van der Waals surface area contributed by atoms with Gasteiger partial charge in [0.15, 0.2) is 6.10 Å². The number of aliphatic hydroxyl groups is 1. The van der Waals surface area contributed by atoms with Gasteiger partial charge >= 0.3 is 5.97 Å². The normalized spacial score (nSPS) is 15.8. The maximum Gasteiger partial charge on any atom is 0.323 e. The molecular formula is C4H8N2O4. The Hall–Kier alpha value is -1.14. The highest BCUT2D eigenvalue weighted by Gasteiger charge is 2.26. The summed E-state index contributed by atoms with van der Waals surface area (Å²) in [5, 5.41) is 16.7. The minimum absolute atomic E-state index is 1.14. The third-order valence-corrected chi connectivity index (χ3v) is 0.917. The first-order valence-corrected chi connectivity index (χ1v) is 2.42. The van der Waals surface area contributed by atoms with Crippen LogP contribution >= 0.6 is 0 Å². The summed E-state index contributed by atoms with van der Waals surface area (Å²) >= 11 is 0. The molecule has 0 saturated heterocycles. The second-order valence-corrected chi connectivity index (χ2v) is 1.71. The fraction of sp³-hybridized carbons (Fsp3) is 0.500. The van der Waals surface area contributed by atoms with Crippen LogP contribution in [0.3, 0.4) is 0 Å². The van der Waals surface area contributed by atoms with Crippen molar-refractivity contribution in [3.8, 4) is 0 Å². The van der Waals surface area contributed by atoms with Crippen molar-refractivity contribution >= 4 is 11.9 Å². The van der Waals surface area contributed by atoms with Crippen LogP contribution in [0.4, 0.5) is 0 Å². The van der Waals surface area contributed by atoms with Crippen molar-refractivity contribution in [1.29, 1.82) is 0 Å². The summed E-state index contributed by atoms with van der Waals surface area (Å²) in [4.78, 5) is 20.0. The van der Waals surface area contributed by atoms with Gasteiger partial charge in [0.25, 0.3) is 0 Å². The largest absolute Gasteiger partial charge is 0.480 e. The SMILES string of the molecule is NC(=O)[C@H](O)[C@@H](N)C(=O)O. The molecule has 0 aliphatic rings. The number of carboxylic acid groups (broad SMARTS) is 1. The van der Waals surface area contributed by atoms with Gasteiger partial charge in [0.2, 0.25) is 5.91 Å². The molecule has 6 N–H and O–H groups in total. The van der Waals surface area contributed by atoms with E-state index in [1.807, 2.05) is 0 Å². The van der Waals surface area contributed by atoms with Crippen molar-refractivity contribution in [2.75, 3.05) is 0 Å². The summed E-state index contributed by atoms with van der Waals surface area (Å²) in [6.45, 7) is 0. The Kier molecular flexibility index (Phi) is 2.78. The van der Waals surface area contributed by atoms with Gasteiger partial charge in [-0.1, -0.05) is 0 Å². The van der Waals surface area contributed by atoms with Gasteiger partial charge in [-0.25, -0.2) is 0 Å². The number of carbonyl (C=O) groups excluding carboxylic acids is 1. The number of aliphatic carboxylic acids is 1. The minimum Gasteiger partial charge on any atom is -0.480 e. The highest BCUT2D eigenvalue weighted by atomic mass is 16.4. The van der Waals surface area contributed by atoms with Gasteiger partial charge in [-0.05, 0) is 0 Å². The zero-order valence-electron chi connectivity index (χ0n) is 5.02. The van der Waals surface area contributed by atoms with Gasteiger partial charge < -0.3 is 21.7 Å². The smallest absolute Gasteiger partial charge is 0.323 e. The number of nitrogens with two attached hydrogens (primary N) is 2. The van der Waals surface area contributed by atoms with E-state index in [1.165, 1.54) is 0 Å². The maximum absolute atomic E-state index is 10.1. The van der Waals surface area contributed by atoms with Gasteiger partial charge in [0.05, 0.1) is 0 Å². The molecule has 6 nitrogen and oxygen atoms in total. The predicted octanol–water partition coefficient (Wildman–Crippen LogP) is -2.76. The summed E-state index contributed by atoms with van der Waals surface area (Å²) < 4.78 is 0. The summed E-state index contributed by atoms with van der Waals surface area (Å²) in [5.74, 6) is -2.61. The molecule has 0 aliphatic carbocycles. The summed E-state index contributed by atoms with van der Waals surface area (Å²) in [6.07, 6.45) is -1.82. The molecule has 0 fully saturated rings. The molecule has 0 rings (SSSR count). The molecule has 0 aliphatic heterocycles. The molecule has 0 radical (unpaired) electrons. The first-order valence-electron chi connectivity index (χ1n) is 2.42. The molecule has 0 aromatic heterocycles. The lowest BCUT2D eigenvalue weighted by atomic mass is 10.2. The Bertz CT molecular complexity index is 139. The highest BCUT2D eigenvalue weighted by molar-refractivity contribution is 5.87. The molecule has 0 aromatic rings. The van der Waals surface area contributed by atoms with Gasteiger partial charge in [0, 0.05) is 0 Å². The van der Waals surface area contributed by atoms with Crippen LogP contribution in [0.5, 0.6) is 0 Å². The fourth-order valence-electron chi connectivity index (χ4n) is 0.312. The number of primary amides is 1. The molecule has 0 bridgehead atoms. The van der Waals surface area contributed by atoms with Crippen molar-refractivity contribution in [1.82, 2.24) is 0 Å². The topological polar surface area (TPSA) is 127 Å². The average molecular weight is 148 g/mol. The quantitative estimate of drug-likeness (QED) is 0.345. The van der Waals surface area contributed by atoms with E-state index < -0.39 is 24.0 Å². The van der Waals surface area contributed by atoms with Crippen LogP contribution in [0.2, 0.25) is 0 Å². The van der Waals surface area contributed by atoms with E-state index in [9.17, 15) is 9.59 Å². The maximum atomic E-state index is 10.1. The van der Waals surface area contributed by atoms with Crippen LogP contribution in [0.25, 0.3) is 0 Å². The number of aliphatic hydroxyl groups excluding tert-OH is 1. The van der Waals surface area contributed by atoms with Crippen LogP contribution in [-0.2, 0) is 9.59 Å². The highest BCUT2D eigenvalue weighted by Crippen LogP contribution is 1.87. The van der Waals surface area contributed by atoms with Crippen molar-refractivity contribution < 1.29 is 19.8 Å². The van der Waals surface area contributed by atoms with Crippen LogP contribution < -0.4 is 11.5 Å². The minimum atomic E-state index is -1.82. The van der Waals surface area contributed by atoms with Crippen molar-refractivity contribution in [2.45, 2.75) is 12.1 Å². The van der Waals surface area contributed by atoms with Crippen LogP contribution in [0, 0.1) is 0 Å². The second-order valence-electron chi connectivity index (χ2n) is 1.71. The molecule has 58 valence electrons. The van der Waals surface area contributed by atoms with Crippen LogP contribution in [0.1, 0.15) is 0 Å². The van der Waals surface area contributed by atoms with E-state index >= 15 is 0 Å². The van der Waals surface area contributed by atoms with Crippen LogP contribution in [0.15, 0.2) is 0 Å². The summed E-state index contributed by atoms with van der Waals surface area (Å²) in [6, 6.07) is -1.64. The number of amides is 1. The first kappa shape index (κ1) is 8.86. The molecule has 0 heterocycles. The van der Waals surface area contributed by atoms with E-state index in [4.69, 9.17) is 15.9 Å². The molecule has 1 amide bonds. The Morgan fingerprint density at radius 3 is 1.90 bits per heavy atom. The van der Waals surface area contributed by atoms with Crippen molar-refractivity contribution in [3.63, 3.8) is 0 Å². The molecule has 6 heteroatoms. The average Bonchev–Trinajstić information content (AvgIpc) is 1.84. The van der Waals surface area contributed by atoms with Crippen molar-refractivity contribution in [3.05, 3.63) is 0 Å². The zero-order valence-corrected chi connectivity index (χ0v) is 5.02. The summed E-state index contributed by atoms with van der Waals surface area (Å²) in [7, 11) is 0. The molecule has 10 heavy (non-hydrogen) atoms. The lowest BCUT2D eigenvalue weighted by Gasteiger charge is -2.09. The van der Waals surface area contributed by atoms with E-state index in [2.05, 4.69) is 5.73 Å². The number of rotatable bonds is 3. The molecule has 0 unspecified atom stereocenters. The second kappa shape index (κ2) is 3.14. The first-order chi connectivity index (χ1) is 4.46. The molecular weight excluding hydrogens is 140 g/mol. The zero-order chi connectivity index (χ0) is 8.31. The Labute approximate surface area is 56.4 Å². The monoisotopic (exact) mass is 148 g/mol. The Morgan fingerprint density at radius 2 is 1.80 bits per heavy atom. The van der Waals surface area contributed by atoms with Crippen LogP contribution in [-0.4, -0.2) is 34.2 Å². The van der Waals surface area contributed by atoms with E-state index in [1.54, 1.807) is 0 Å². The molecule has 2 atom stereocenters. The van der Waals surface area contributed by atoms with Crippen molar-refractivity contribution in [2.24, 2.45) is 11.5 Å². The fourth-order valence-corrected chi connectivity index (χ4v) is 0.312. The number of hydrogen-bond donors (Lipinski definition) is 4. The van der Waals surface area contributed by atoms with Gasteiger partial charge in [-0.3, -0.25) is 9.59 Å². The number of hydrogen-bond acceptors (Lipinski definition) is 4. The van der Waals surface area contributed by atoms with Gasteiger partial charge in [0.1, 0.15) is 6.04 Å². The van der Waals surface area contributed by atoms with E-state index in [-0.39, 0.29) is 0 Å². The third kappa shape index (κ3) is 2.00.